The van der Waals surface area contributed by atoms with E-state index in [1.54, 1.807) is 20.4 Å². The van der Waals surface area contributed by atoms with Gasteiger partial charge in [-0.2, -0.15) is 5.10 Å². The largest absolute Gasteiger partial charge is 0.493 e. The number of nitrogens with zero attached hydrogens (tertiary/aromatic N) is 1. The predicted molar refractivity (Wildman–Crippen MR) is 101 cm³/mol. The zero-order chi connectivity index (χ0) is 17.4. The van der Waals surface area contributed by atoms with E-state index in [2.05, 4.69) is 47.0 Å². The maximum absolute atomic E-state index is 5.90. The summed E-state index contributed by atoms with van der Waals surface area (Å²) >= 11 is 4.96. The Hall–Kier alpha value is -2.60. The summed E-state index contributed by atoms with van der Waals surface area (Å²) in [6.45, 7) is 2.53. The van der Waals surface area contributed by atoms with Crippen LogP contribution in [0.3, 0.4) is 0 Å². The Morgan fingerprint density at radius 3 is 2.58 bits per heavy atom. The second-order valence-electron chi connectivity index (χ2n) is 5.13. The van der Waals surface area contributed by atoms with Crippen LogP contribution in [-0.4, -0.2) is 25.5 Å². The molecule has 0 unspecified atom stereocenters. The molecule has 2 aromatic rings. The van der Waals surface area contributed by atoms with E-state index >= 15 is 0 Å². The van der Waals surface area contributed by atoms with Crippen LogP contribution in [0.1, 0.15) is 16.7 Å². The number of hydrazone groups is 1. The molecule has 5 nitrogen and oxygen atoms in total. The Bertz CT molecular complexity index is 715. The second kappa shape index (κ2) is 8.88. The summed E-state index contributed by atoms with van der Waals surface area (Å²) in [7, 11) is 3.35. The number of nitrogens with one attached hydrogen (secondary N) is 2. The van der Waals surface area contributed by atoms with Crippen molar-refractivity contribution in [1.29, 1.82) is 0 Å². The fourth-order valence-electron chi connectivity index (χ4n) is 1.95. The number of methoxy groups -OCH3 is 1. The second-order valence-corrected chi connectivity index (χ2v) is 5.54. The van der Waals surface area contributed by atoms with Crippen LogP contribution in [0.2, 0.25) is 0 Å². The molecule has 0 spiro atoms. The normalized spacial score (nSPS) is 10.5. The first-order chi connectivity index (χ1) is 11.6. The molecule has 0 aliphatic rings. The van der Waals surface area contributed by atoms with Crippen molar-refractivity contribution in [1.82, 2.24) is 10.7 Å². The molecule has 2 N–H and O–H groups in total. The predicted octanol–water partition coefficient (Wildman–Crippen LogP) is 3.01. The van der Waals surface area contributed by atoms with Crippen LogP contribution in [0.15, 0.2) is 47.6 Å². The molecule has 6 heteroatoms. The molecular weight excluding hydrogens is 322 g/mol. The third kappa shape index (κ3) is 5.24. The molecule has 0 fully saturated rings. The van der Waals surface area contributed by atoms with E-state index in [-0.39, 0.29) is 0 Å². The van der Waals surface area contributed by atoms with Crippen molar-refractivity contribution >= 4 is 23.5 Å². The van der Waals surface area contributed by atoms with Crippen LogP contribution >= 0.6 is 12.2 Å². The van der Waals surface area contributed by atoms with Gasteiger partial charge in [0.1, 0.15) is 6.61 Å². The van der Waals surface area contributed by atoms with Crippen LogP contribution in [0, 0.1) is 6.92 Å². The molecule has 24 heavy (non-hydrogen) atoms. The van der Waals surface area contributed by atoms with Crippen molar-refractivity contribution in [2.45, 2.75) is 13.5 Å². The quantitative estimate of drug-likeness (QED) is 0.480. The van der Waals surface area contributed by atoms with E-state index in [1.165, 1.54) is 5.56 Å². The average molecular weight is 343 g/mol. The number of rotatable bonds is 6. The van der Waals surface area contributed by atoms with E-state index in [0.29, 0.717) is 23.2 Å². The van der Waals surface area contributed by atoms with Gasteiger partial charge in [-0.25, -0.2) is 0 Å². The fourth-order valence-corrected chi connectivity index (χ4v) is 2.01. The minimum Gasteiger partial charge on any atom is -0.493 e. The number of aryl methyl sites for hydroxylation is 1. The van der Waals surface area contributed by atoms with E-state index in [0.717, 1.165) is 11.1 Å². The standard InChI is InChI=1S/C18H21N3O2S/c1-13-4-6-14(7-5-13)12-23-17-10-15(8-9-16(17)22-3)11-20-21-18(24)19-2/h4-11H,12H2,1-3H3,(H2,19,21,24)/b20-11+. The molecular formula is C18H21N3O2S. The van der Waals surface area contributed by atoms with Gasteiger partial charge in [0.25, 0.3) is 0 Å². The SMILES string of the molecule is CNC(=S)N/N=C/c1ccc(OC)c(OCc2ccc(C)cc2)c1. The zero-order valence-electron chi connectivity index (χ0n) is 14.0. The Morgan fingerprint density at radius 2 is 1.92 bits per heavy atom. The van der Waals surface area contributed by atoms with E-state index < -0.39 is 0 Å². The molecule has 2 aromatic carbocycles. The lowest BCUT2D eigenvalue weighted by atomic mass is 10.1. The summed E-state index contributed by atoms with van der Waals surface area (Å²) in [6.07, 6.45) is 1.67. The fraction of sp³-hybridized carbons (Fsp3) is 0.222. The highest BCUT2D eigenvalue weighted by atomic mass is 32.1. The average Bonchev–Trinajstić information content (AvgIpc) is 2.61. The lowest BCUT2D eigenvalue weighted by Gasteiger charge is -2.11. The number of hydrogen-bond donors (Lipinski definition) is 2. The van der Waals surface area contributed by atoms with Crippen LogP contribution in [-0.2, 0) is 6.61 Å². The van der Waals surface area contributed by atoms with Crippen molar-refractivity contribution in [2.24, 2.45) is 5.10 Å². The van der Waals surface area contributed by atoms with Gasteiger partial charge in [-0.1, -0.05) is 29.8 Å². The number of ether oxygens (including phenoxy) is 2. The summed E-state index contributed by atoms with van der Waals surface area (Å²) in [5.41, 5.74) is 5.91. The monoisotopic (exact) mass is 343 g/mol. The number of hydrogen-bond acceptors (Lipinski definition) is 4. The number of thiocarbonyl (C=S) groups is 1. The topological polar surface area (TPSA) is 54.9 Å². The van der Waals surface area contributed by atoms with Crippen molar-refractivity contribution in [2.75, 3.05) is 14.2 Å². The third-order valence-electron chi connectivity index (χ3n) is 3.31. The molecule has 0 aliphatic carbocycles. The highest BCUT2D eigenvalue weighted by Gasteiger charge is 2.06. The van der Waals surface area contributed by atoms with Crippen LogP contribution in [0.5, 0.6) is 11.5 Å². The van der Waals surface area contributed by atoms with Crippen LogP contribution in [0.4, 0.5) is 0 Å². The van der Waals surface area contributed by atoms with Gasteiger partial charge < -0.3 is 14.8 Å². The van der Waals surface area contributed by atoms with Crippen LogP contribution < -0.4 is 20.2 Å². The van der Waals surface area contributed by atoms with Gasteiger partial charge in [0, 0.05) is 7.05 Å². The highest BCUT2D eigenvalue weighted by Crippen LogP contribution is 2.28. The molecule has 126 valence electrons. The molecule has 0 atom stereocenters. The lowest BCUT2D eigenvalue weighted by molar-refractivity contribution is 0.284. The van der Waals surface area contributed by atoms with Gasteiger partial charge in [-0.3, -0.25) is 5.43 Å². The highest BCUT2D eigenvalue weighted by molar-refractivity contribution is 7.80. The molecule has 0 bridgehead atoms. The van der Waals surface area contributed by atoms with Gasteiger partial charge in [0.15, 0.2) is 16.6 Å². The summed E-state index contributed by atoms with van der Waals surface area (Å²) < 4.78 is 11.3. The Kier molecular flexibility index (Phi) is 6.57. The maximum Gasteiger partial charge on any atom is 0.186 e. The smallest absolute Gasteiger partial charge is 0.186 e. The summed E-state index contributed by atoms with van der Waals surface area (Å²) in [6, 6.07) is 13.9. The summed E-state index contributed by atoms with van der Waals surface area (Å²) in [5, 5.41) is 7.30. The Morgan fingerprint density at radius 1 is 1.17 bits per heavy atom. The van der Waals surface area contributed by atoms with Crippen molar-refractivity contribution in [3.63, 3.8) is 0 Å². The van der Waals surface area contributed by atoms with E-state index in [1.807, 2.05) is 18.2 Å². The minimum absolute atomic E-state index is 0.454. The molecule has 0 aliphatic heterocycles. The number of benzene rings is 2. The van der Waals surface area contributed by atoms with Gasteiger partial charge in [-0.05, 0) is 48.5 Å². The molecule has 0 saturated carbocycles. The summed E-state index contributed by atoms with van der Waals surface area (Å²) in [4.78, 5) is 0. The van der Waals surface area contributed by atoms with Gasteiger partial charge in [-0.15, -0.1) is 0 Å². The van der Waals surface area contributed by atoms with Gasteiger partial charge >= 0.3 is 0 Å². The van der Waals surface area contributed by atoms with Crippen molar-refractivity contribution < 1.29 is 9.47 Å². The molecule has 0 heterocycles. The molecule has 0 saturated heterocycles. The molecule has 0 radical (unpaired) electrons. The third-order valence-corrected chi connectivity index (χ3v) is 3.60. The van der Waals surface area contributed by atoms with Crippen molar-refractivity contribution in [3.05, 3.63) is 59.2 Å². The first kappa shape index (κ1) is 17.7. The molecule has 2 rings (SSSR count). The Balaban J connectivity index is 2.07. The minimum atomic E-state index is 0.454. The van der Waals surface area contributed by atoms with E-state index in [9.17, 15) is 0 Å². The molecule has 0 aromatic heterocycles. The zero-order valence-corrected chi connectivity index (χ0v) is 14.8. The first-order valence-electron chi connectivity index (χ1n) is 7.49. The van der Waals surface area contributed by atoms with Gasteiger partial charge in [0.05, 0.1) is 13.3 Å². The molecule has 0 amide bonds. The van der Waals surface area contributed by atoms with E-state index in [4.69, 9.17) is 21.7 Å². The van der Waals surface area contributed by atoms with Crippen LogP contribution in [0.25, 0.3) is 0 Å². The van der Waals surface area contributed by atoms with Crippen molar-refractivity contribution in [3.8, 4) is 11.5 Å². The lowest BCUT2D eigenvalue weighted by Crippen LogP contribution is -2.28. The Labute approximate surface area is 147 Å². The summed E-state index contributed by atoms with van der Waals surface area (Å²) in [5.74, 6) is 1.34. The van der Waals surface area contributed by atoms with Gasteiger partial charge in [0.2, 0.25) is 0 Å². The maximum atomic E-state index is 5.90. The first-order valence-corrected chi connectivity index (χ1v) is 7.90.